The van der Waals surface area contributed by atoms with Crippen molar-refractivity contribution in [3.8, 4) is 16.9 Å². The Morgan fingerprint density at radius 2 is 1.65 bits per heavy atom. The van der Waals surface area contributed by atoms with E-state index in [1.807, 2.05) is 26.0 Å². The minimum absolute atomic E-state index is 0.203. The van der Waals surface area contributed by atoms with Crippen LogP contribution in [0.1, 0.15) is 81.1 Å². The molecule has 0 aromatic heterocycles. The molecule has 1 saturated carbocycles. The van der Waals surface area contributed by atoms with Crippen LogP contribution in [-0.4, -0.2) is 11.7 Å². The molecule has 2 nitrogen and oxygen atoms in total. The number of hydrogen-bond donors (Lipinski definition) is 1. The number of allylic oxidation sites excluding steroid dienone is 1. The van der Waals surface area contributed by atoms with Gasteiger partial charge in [0.25, 0.3) is 0 Å². The van der Waals surface area contributed by atoms with Crippen molar-refractivity contribution in [3.05, 3.63) is 94.8 Å². The fourth-order valence-electron chi connectivity index (χ4n) is 5.17. The zero-order chi connectivity index (χ0) is 26.4. The normalized spacial score (nSPS) is 18.8. The van der Waals surface area contributed by atoms with Crippen LogP contribution in [0.5, 0.6) is 5.75 Å². The van der Waals surface area contributed by atoms with Crippen molar-refractivity contribution in [2.24, 2.45) is 5.92 Å². The molecule has 5 heteroatoms. The highest BCUT2D eigenvalue weighted by atomic mass is 19.2. The number of aliphatic hydroxyl groups excluding tert-OH is 1. The first-order valence-corrected chi connectivity index (χ1v) is 13.3. The largest absolute Gasteiger partial charge is 0.491 e. The van der Waals surface area contributed by atoms with Crippen molar-refractivity contribution in [1.82, 2.24) is 0 Å². The van der Waals surface area contributed by atoms with Gasteiger partial charge in [0.1, 0.15) is 0 Å². The third kappa shape index (κ3) is 6.45. The van der Waals surface area contributed by atoms with E-state index in [1.54, 1.807) is 54.6 Å². The first kappa shape index (κ1) is 27.0. The van der Waals surface area contributed by atoms with Gasteiger partial charge in [-0.15, -0.1) is 0 Å². The minimum atomic E-state index is -0.870. The van der Waals surface area contributed by atoms with E-state index in [-0.39, 0.29) is 34.5 Å². The van der Waals surface area contributed by atoms with Crippen LogP contribution >= 0.6 is 0 Å². The highest BCUT2D eigenvalue weighted by molar-refractivity contribution is 5.67. The average Bonchev–Trinajstić information content (AvgIpc) is 2.91. The summed E-state index contributed by atoms with van der Waals surface area (Å²) in [5.41, 5.74) is 2.76. The predicted octanol–water partition coefficient (Wildman–Crippen LogP) is 8.99. The van der Waals surface area contributed by atoms with Gasteiger partial charge in [-0.1, -0.05) is 68.0 Å². The molecule has 0 radical (unpaired) electrons. The lowest BCUT2D eigenvalue weighted by Crippen LogP contribution is -2.12. The molecule has 0 bridgehead atoms. The first-order valence-electron chi connectivity index (χ1n) is 13.3. The number of hydrogen-bond acceptors (Lipinski definition) is 2. The van der Waals surface area contributed by atoms with Crippen LogP contribution in [0.2, 0.25) is 0 Å². The maximum absolute atomic E-state index is 14.9. The van der Waals surface area contributed by atoms with Gasteiger partial charge in [-0.25, -0.2) is 13.2 Å². The molecule has 37 heavy (non-hydrogen) atoms. The van der Waals surface area contributed by atoms with Gasteiger partial charge in [-0.05, 0) is 79.7 Å². The molecule has 4 rings (SSSR count). The lowest BCUT2D eigenvalue weighted by molar-refractivity contribution is 0.166. The number of halogens is 3. The molecule has 196 valence electrons. The smallest absolute Gasteiger partial charge is 0.167 e. The second-order valence-electron chi connectivity index (χ2n) is 9.85. The fourth-order valence-corrected chi connectivity index (χ4v) is 5.17. The Labute approximate surface area is 217 Å². The number of ether oxygens (including phenoxy) is 1. The summed E-state index contributed by atoms with van der Waals surface area (Å²) >= 11 is 0. The van der Waals surface area contributed by atoms with Crippen molar-refractivity contribution in [3.63, 3.8) is 0 Å². The van der Waals surface area contributed by atoms with Gasteiger partial charge in [0.15, 0.2) is 23.2 Å². The summed E-state index contributed by atoms with van der Waals surface area (Å²) in [4.78, 5) is 0. The van der Waals surface area contributed by atoms with Gasteiger partial charge in [-0.3, -0.25) is 0 Å². The zero-order valence-electron chi connectivity index (χ0n) is 21.5. The number of rotatable bonds is 9. The molecular formula is C32H35F3O2. The van der Waals surface area contributed by atoms with Gasteiger partial charge in [-0.2, -0.15) is 0 Å². The second-order valence-corrected chi connectivity index (χ2v) is 9.85. The van der Waals surface area contributed by atoms with Crippen LogP contribution in [-0.2, 0) is 0 Å². The van der Waals surface area contributed by atoms with Crippen LogP contribution in [0.15, 0.2) is 60.7 Å². The van der Waals surface area contributed by atoms with E-state index >= 15 is 0 Å². The fraction of sp³-hybridized carbons (Fsp3) is 0.375. The number of benzene rings is 3. The highest BCUT2D eigenvalue weighted by Crippen LogP contribution is 2.38. The van der Waals surface area contributed by atoms with Crippen LogP contribution in [0.3, 0.4) is 0 Å². The van der Waals surface area contributed by atoms with Gasteiger partial charge in [0, 0.05) is 11.1 Å². The third-order valence-corrected chi connectivity index (χ3v) is 7.33. The lowest BCUT2D eigenvalue weighted by Gasteiger charge is -2.27. The molecule has 3 aromatic rings. The van der Waals surface area contributed by atoms with E-state index in [2.05, 4.69) is 0 Å². The van der Waals surface area contributed by atoms with Crippen molar-refractivity contribution >= 4 is 6.08 Å². The monoisotopic (exact) mass is 508 g/mol. The molecule has 1 aliphatic carbocycles. The topological polar surface area (TPSA) is 29.5 Å². The summed E-state index contributed by atoms with van der Waals surface area (Å²) in [6.07, 6.45) is 8.27. The Kier molecular flexibility index (Phi) is 9.09. The molecule has 0 saturated heterocycles. The van der Waals surface area contributed by atoms with Crippen molar-refractivity contribution < 1.29 is 23.0 Å². The summed E-state index contributed by atoms with van der Waals surface area (Å²) in [5.74, 6) is -1.21. The maximum Gasteiger partial charge on any atom is 0.167 e. The lowest BCUT2D eigenvalue weighted by atomic mass is 9.78. The van der Waals surface area contributed by atoms with Crippen molar-refractivity contribution in [1.29, 1.82) is 0 Å². The third-order valence-electron chi connectivity index (χ3n) is 7.33. The van der Waals surface area contributed by atoms with E-state index in [4.69, 9.17) is 4.74 Å². The Hall–Kier alpha value is -3.05. The van der Waals surface area contributed by atoms with Crippen LogP contribution in [0, 0.1) is 23.4 Å². The number of aliphatic hydroxyl groups is 1. The van der Waals surface area contributed by atoms with Gasteiger partial charge < -0.3 is 9.84 Å². The van der Waals surface area contributed by atoms with Gasteiger partial charge in [0.05, 0.1) is 12.7 Å². The van der Waals surface area contributed by atoms with E-state index in [9.17, 15) is 18.3 Å². The Morgan fingerprint density at radius 3 is 2.30 bits per heavy atom. The van der Waals surface area contributed by atoms with Crippen molar-refractivity contribution in [2.75, 3.05) is 6.61 Å². The van der Waals surface area contributed by atoms with Crippen molar-refractivity contribution in [2.45, 2.75) is 64.4 Å². The molecule has 1 aliphatic rings. The Bertz CT molecular complexity index is 1210. The molecular weight excluding hydrogens is 473 g/mol. The quantitative estimate of drug-likeness (QED) is 0.312. The van der Waals surface area contributed by atoms with E-state index < -0.39 is 17.7 Å². The first-order chi connectivity index (χ1) is 17.9. The minimum Gasteiger partial charge on any atom is -0.491 e. The SMILES string of the molecule is CCCC(O)c1ccc(-c2ccc(/C=C/C3CCC(c4ccc(OCC)c(F)c4)CC3)c(F)c2F)cc1. The molecule has 0 amide bonds. The second kappa shape index (κ2) is 12.5. The molecule has 0 aliphatic heterocycles. The van der Waals surface area contributed by atoms with Gasteiger partial charge >= 0.3 is 0 Å². The van der Waals surface area contributed by atoms with Crippen LogP contribution in [0.25, 0.3) is 17.2 Å². The summed E-state index contributed by atoms with van der Waals surface area (Å²) in [7, 11) is 0. The summed E-state index contributed by atoms with van der Waals surface area (Å²) < 4.78 is 49.4. The van der Waals surface area contributed by atoms with Crippen LogP contribution < -0.4 is 4.74 Å². The van der Waals surface area contributed by atoms with Gasteiger partial charge in [0.2, 0.25) is 0 Å². The average molecular weight is 509 g/mol. The molecule has 3 aromatic carbocycles. The van der Waals surface area contributed by atoms with Crippen LogP contribution in [0.4, 0.5) is 13.2 Å². The highest BCUT2D eigenvalue weighted by Gasteiger charge is 2.22. The van der Waals surface area contributed by atoms with E-state index in [0.29, 0.717) is 18.6 Å². The molecule has 1 unspecified atom stereocenters. The van der Waals surface area contributed by atoms with E-state index in [1.165, 1.54) is 0 Å². The standard InChI is InChI=1S/C32H35F3O2/c1-3-5-29(36)24-14-12-23(13-15-24)27-18-16-25(31(34)32(27)35)11-8-21-6-9-22(10-7-21)26-17-19-30(37-4-2)28(33)20-26/h8,11-22,29,36H,3-7,9-10H2,1-2H3/b11-8+. The van der Waals surface area contributed by atoms with E-state index in [0.717, 1.165) is 43.2 Å². The summed E-state index contributed by atoms with van der Waals surface area (Å²) in [6.45, 7) is 4.26. The Morgan fingerprint density at radius 1 is 0.919 bits per heavy atom. The predicted molar refractivity (Wildman–Crippen MR) is 143 cm³/mol. The summed E-state index contributed by atoms with van der Waals surface area (Å²) in [5, 5.41) is 10.1. The molecule has 1 N–H and O–H groups in total. The molecule has 0 spiro atoms. The maximum atomic E-state index is 14.9. The molecule has 1 atom stereocenters. The molecule has 0 heterocycles. The Balaban J connectivity index is 1.39. The zero-order valence-corrected chi connectivity index (χ0v) is 21.5. The molecule has 1 fully saturated rings. The summed E-state index contributed by atoms with van der Waals surface area (Å²) in [6, 6.07) is 15.4.